The van der Waals surface area contributed by atoms with Gasteiger partial charge in [-0.25, -0.2) is 0 Å². The molecule has 1 aromatic heterocycles. The van der Waals surface area contributed by atoms with E-state index in [4.69, 9.17) is 9.15 Å². The summed E-state index contributed by atoms with van der Waals surface area (Å²) in [5, 5.41) is 3.78. The molecule has 4 aromatic rings. The second kappa shape index (κ2) is 7.19. The van der Waals surface area contributed by atoms with Gasteiger partial charge in [-0.1, -0.05) is 18.2 Å². The topological polar surface area (TPSA) is 68.5 Å². The monoisotopic (exact) mass is 373 g/mol. The van der Waals surface area contributed by atoms with Crippen LogP contribution < -0.4 is 15.5 Å². The molecule has 3 aromatic carbocycles. The summed E-state index contributed by atoms with van der Waals surface area (Å²) in [7, 11) is 0. The molecule has 0 aliphatic rings. The van der Waals surface area contributed by atoms with Crippen molar-refractivity contribution in [2.75, 3.05) is 11.9 Å². The second-order valence-electron chi connectivity index (χ2n) is 6.72. The Morgan fingerprint density at radius 1 is 0.929 bits per heavy atom. The van der Waals surface area contributed by atoms with E-state index >= 15 is 0 Å². The SMILES string of the molecule is Cc1ccc(OCC(=O)Nc2ccc3c(=O)c4ccccc4oc3c2)cc1C. The van der Waals surface area contributed by atoms with E-state index in [-0.39, 0.29) is 17.9 Å². The maximum Gasteiger partial charge on any atom is 0.262 e. The Hall–Kier alpha value is -3.60. The van der Waals surface area contributed by atoms with Gasteiger partial charge in [-0.3, -0.25) is 9.59 Å². The lowest BCUT2D eigenvalue weighted by Crippen LogP contribution is -2.20. The van der Waals surface area contributed by atoms with Gasteiger partial charge < -0.3 is 14.5 Å². The predicted octanol–water partition coefficient (Wildman–Crippen LogP) is 4.58. The molecule has 0 spiro atoms. The van der Waals surface area contributed by atoms with Crippen LogP contribution in [-0.2, 0) is 4.79 Å². The summed E-state index contributed by atoms with van der Waals surface area (Å²) in [5.74, 6) is 0.356. The molecule has 5 nitrogen and oxygen atoms in total. The van der Waals surface area contributed by atoms with Crippen molar-refractivity contribution in [2.45, 2.75) is 13.8 Å². The first kappa shape index (κ1) is 17.8. The third-order valence-electron chi connectivity index (χ3n) is 4.71. The van der Waals surface area contributed by atoms with E-state index in [0.29, 0.717) is 33.4 Å². The third kappa shape index (κ3) is 3.47. The summed E-state index contributed by atoms with van der Waals surface area (Å²) in [4.78, 5) is 24.8. The molecule has 0 unspecified atom stereocenters. The quantitative estimate of drug-likeness (QED) is 0.532. The highest BCUT2D eigenvalue weighted by molar-refractivity contribution is 5.96. The molecule has 1 amide bonds. The van der Waals surface area contributed by atoms with E-state index in [1.165, 1.54) is 5.56 Å². The molecule has 0 atom stereocenters. The van der Waals surface area contributed by atoms with E-state index in [0.717, 1.165) is 5.56 Å². The number of hydrogen-bond acceptors (Lipinski definition) is 4. The normalized spacial score (nSPS) is 10.9. The average Bonchev–Trinajstić information content (AvgIpc) is 2.69. The lowest BCUT2D eigenvalue weighted by Gasteiger charge is -2.09. The van der Waals surface area contributed by atoms with Gasteiger partial charge >= 0.3 is 0 Å². The lowest BCUT2D eigenvalue weighted by atomic mass is 10.1. The molecule has 5 heteroatoms. The van der Waals surface area contributed by atoms with Crippen LogP contribution >= 0.6 is 0 Å². The third-order valence-corrected chi connectivity index (χ3v) is 4.71. The Kier molecular flexibility index (Phi) is 4.57. The number of aryl methyl sites for hydroxylation is 2. The summed E-state index contributed by atoms with van der Waals surface area (Å²) in [6.07, 6.45) is 0. The highest BCUT2D eigenvalue weighted by Gasteiger charge is 2.10. The van der Waals surface area contributed by atoms with Crippen molar-refractivity contribution in [1.29, 1.82) is 0 Å². The van der Waals surface area contributed by atoms with Crippen LogP contribution in [0.4, 0.5) is 5.69 Å². The summed E-state index contributed by atoms with van der Waals surface area (Å²) in [5.41, 5.74) is 3.67. The van der Waals surface area contributed by atoms with Crippen molar-refractivity contribution in [2.24, 2.45) is 0 Å². The number of amides is 1. The van der Waals surface area contributed by atoms with Crippen LogP contribution in [0.3, 0.4) is 0 Å². The van der Waals surface area contributed by atoms with Gasteiger partial charge in [0.15, 0.2) is 6.61 Å². The summed E-state index contributed by atoms with van der Waals surface area (Å²) >= 11 is 0. The highest BCUT2D eigenvalue weighted by atomic mass is 16.5. The minimum atomic E-state index is -0.291. The van der Waals surface area contributed by atoms with Gasteiger partial charge in [-0.15, -0.1) is 0 Å². The highest BCUT2D eigenvalue weighted by Crippen LogP contribution is 2.22. The minimum absolute atomic E-state index is 0.0900. The van der Waals surface area contributed by atoms with Crippen molar-refractivity contribution in [3.05, 3.63) is 82.0 Å². The summed E-state index contributed by atoms with van der Waals surface area (Å²) < 4.78 is 11.4. The average molecular weight is 373 g/mol. The fraction of sp³-hybridized carbons (Fsp3) is 0.130. The maximum absolute atomic E-state index is 12.6. The Morgan fingerprint density at radius 3 is 2.54 bits per heavy atom. The number of para-hydroxylation sites is 1. The number of fused-ring (bicyclic) bond motifs is 2. The van der Waals surface area contributed by atoms with E-state index in [9.17, 15) is 9.59 Å². The number of carbonyl (C=O) groups is 1. The second-order valence-corrected chi connectivity index (χ2v) is 6.72. The molecule has 0 radical (unpaired) electrons. The fourth-order valence-corrected chi connectivity index (χ4v) is 3.03. The first-order valence-corrected chi connectivity index (χ1v) is 8.97. The van der Waals surface area contributed by atoms with E-state index < -0.39 is 0 Å². The zero-order valence-electron chi connectivity index (χ0n) is 15.6. The Balaban J connectivity index is 1.52. The van der Waals surface area contributed by atoms with Gasteiger partial charge in [-0.05, 0) is 61.4 Å². The van der Waals surface area contributed by atoms with Gasteiger partial charge in [-0.2, -0.15) is 0 Å². The van der Waals surface area contributed by atoms with Gasteiger partial charge in [0.2, 0.25) is 5.43 Å². The first-order valence-electron chi connectivity index (χ1n) is 8.97. The molecule has 0 aliphatic carbocycles. The zero-order chi connectivity index (χ0) is 19.7. The van der Waals surface area contributed by atoms with Crippen LogP contribution in [-0.4, -0.2) is 12.5 Å². The van der Waals surface area contributed by atoms with E-state index in [1.807, 2.05) is 38.1 Å². The Bertz CT molecular complexity index is 1260. The van der Waals surface area contributed by atoms with Crippen molar-refractivity contribution in [3.63, 3.8) is 0 Å². The van der Waals surface area contributed by atoms with Gasteiger partial charge in [0, 0.05) is 11.8 Å². The molecule has 1 N–H and O–H groups in total. The van der Waals surface area contributed by atoms with Crippen LogP contribution in [0.15, 0.2) is 69.9 Å². The molecular formula is C23H19NO4. The lowest BCUT2D eigenvalue weighted by molar-refractivity contribution is -0.118. The Labute approximate surface area is 161 Å². The predicted molar refractivity (Wildman–Crippen MR) is 110 cm³/mol. The number of nitrogens with one attached hydrogen (secondary N) is 1. The molecule has 28 heavy (non-hydrogen) atoms. The largest absolute Gasteiger partial charge is 0.484 e. The summed E-state index contributed by atoms with van der Waals surface area (Å²) in [6, 6.07) is 17.8. The number of carbonyl (C=O) groups excluding carboxylic acids is 1. The van der Waals surface area contributed by atoms with Crippen LogP contribution in [0.1, 0.15) is 11.1 Å². The van der Waals surface area contributed by atoms with Gasteiger partial charge in [0.25, 0.3) is 5.91 Å². The first-order chi connectivity index (χ1) is 13.5. The molecule has 0 saturated heterocycles. The fourth-order valence-electron chi connectivity index (χ4n) is 3.03. The van der Waals surface area contributed by atoms with Crippen molar-refractivity contribution >= 4 is 33.5 Å². The molecule has 1 heterocycles. The van der Waals surface area contributed by atoms with E-state index in [1.54, 1.807) is 36.4 Å². The van der Waals surface area contributed by atoms with Crippen LogP contribution in [0.5, 0.6) is 5.75 Å². The number of rotatable bonds is 4. The molecular weight excluding hydrogens is 354 g/mol. The maximum atomic E-state index is 12.6. The van der Waals surface area contributed by atoms with Gasteiger partial charge in [0.05, 0.1) is 10.8 Å². The standard InChI is InChI=1S/C23H19NO4/c1-14-7-9-17(11-15(14)2)27-13-22(25)24-16-8-10-19-21(12-16)28-20-6-4-3-5-18(20)23(19)26/h3-12H,13H2,1-2H3,(H,24,25). The van der Waals surface area contributed by atoms with E-state index in [2.05, 4.69) is 5.32 Å². The number of hydrogen-bond donors (Lipinski definition) is 1. The zero-order valence-corrected chi connectivity index (χ0v) is 15.6. The van der Waals surface area contributed by atoms with Crippen molar-refractivity contribution < 1.29 is 13.9 Å². The number of anilines is 1. The minimum Gasteiger partial charge on any atom is -0.484 e. The molecule has 140 valence electrons. The smallest absolute Gasteiger partial charge is 0.262 e. The summed E-state index contributed by atoms with van der Waals surface area (Å²) in [6.45, 7) is 3.91. The van der Waals surface area contributed by atoms with Crippen molar-refractivity contribution in [1.82, 2.24) is 0 Å². The van der Waals surface area contributed by atoms with Crippen LogP contribution in [0.25, 0.3) is 21.9 Å². The molecule has 0 saturated carbocycles. The molecule has 0 aliphatic heterocycles. The number of ether oxygens (including phenoxy) is 1. The molecule has 0 bridgehead atoms. The number of benzene rings is 3. The molecule has 4 rings (SSSR count). The molecule has 0 fully saturated rings. The van der Waals surface area contributed by atoms with Crippen LogP contribution in [0, 0.1) is 13.8 Å². The van der Waals surface area contributed by atoms with Crippen molar-refractivity contribution in [3.8, 4) is 5.75 Å². The Morgan fingerprint density at radius 2 is 1.71 bits per heavy atom. The van der Waals surface area contributed by atoms with Crippen LogP contribution in [0.2, 0.25) is 0 Å². The van der Waals surface area contributed by atoms with Gasteiger partial charge in [0.1, 0.15) is 16.9 Å².